The monoisotopic (exact) mass is 394 g/mol. The molecule has 3 atom stereocenters. The van der Waals surface area contributed by atoms with Gasteiger partial charge in [0.2, 0.25) is 11.8 Å². The molecule has 1 saturated carbocycles. The molecular formula is C19H16B5FN2O3. The average molecular weight is 393 g/mol. The second-order valence-electron chi connectivity index (χ2n) is 7.50. The Labute approximate surface area is 181 Å². The van der Waals surface area contributed by atoms with Crippen LogP contribution in [0.4, 0.5) is 4.39 Å². The Morgan fingerprint density at radius 2 is 1.87 bits per heavy atom. The van der Waals surface area contributed by atoms with E-state index >= 15 is 0 Å². The van der Waals surface area contributed by atoms with Gasteiger partial charge in [0.15, 0.2) is 0 Å². The summed E-state index contributed by atoms with van der Waals surface area (Å²) in [5, 5.41) is 8.41. The molecule has 0 aliphatic heterocycles. The van der Waals surface area contributed by atoms with Crippen molar-refractivity contribution in [1.82, 2.24) is 10.3 Å². The van der Waals surface area contributed by atoms with Gasteiger partial charge in [-0.15, -0.1) is 5.11 Å². The summed E-state index contributed by atoms with van der Waals surface area (Å²) in [4.78, 5) is 16.6. The summed E-state index contributed by atoms with van der Waals surface area (Å²) >= 11 is 0. The molecule has 0 spiro atoms. The molecule has 1 aliphatic rings. The Kier molecular flexibility index (Phi) is 6.41. The van der Waals surface area contributed by atoms with Crippen LogP contribution in [-0.4, -0.2) is 67.2 Å². The summed E-state index contributed by atoms with van der Waals surface area (Å²) in [6.07, 6.45) is 2.05. The molecule has 1 heterocycles. The van der Waals surface area contributed by atoms with Crippen molar-refractivity contribution in [2.45, 2.75) is 28.9 Å². The Balaban J connectivity index is 1.61. The van der Waals surface area contributed by atoms with Gasteiger partial charge < -0.3 is 15.2 Å². The quantitative estimate of drug-likeness (QED) is 0.626. The highest BCUT2D eigenvalue weighted by Gasteiger charge is 2.44. The molecule has 2 aromatic rings. The van der Waals surface area contributed by atoms with Crippen molar-refractivity contribution >= 4 is 45.1 Å². The molecule has 1 amide bonds. The van der Waals surface area contributed by atoms with Crippen molar-refractivity contribution < 1.29 is 19.0 Å². The highest BCUT2D eigenvalue weighted by Crippen LogP contribution is 2.47. The maximum atomic E-state index is 13.1. The lowest BCUT2D eigenvalue weighted by Gasteiger charge is -2.41. The molecule has 0 saturated heterocycles. The fourth-order valence-corrected chi connectivity index (χ4v) is 3.00. The molecule has 142 valence electrons. The number of pyridine rings is 1. The smallest absolute Gasteiger partial charge is 0.224 e. The van der Waals surface area contributed by atoms with Crippen molar-refractivity contribution in [1.29, 1.82) is 0 Å². The van der Waals surface area contributed by atoms with E-state index in [1.807, 2.05) is 0 Å². The molecule has 11 heteroatoms. The third-order valence-corrected chi connectivity index (χ3v) is 5.04. The Morgan fingerprint density at radius 3 is 2.40 bits per heavy atom. The fourth-order valence-electron chi connectivity index (χ4n) is 3.00. The lowest BCUT2D eigenvalue weighted by atomic mass is 9.28. The molecular weight excluding hydrogens is 377 g/mol. The van der Waals surface area contributed by atoms with Crippen molar-refractivity contribution in [2.24, 2.45) is 5.92 Å². The van der Waals surface area contributed by atoms with E-state index in [-0.39, 0.29) is 36.0 Å². The van der Waals surface area contributed by atoms with Crippen molar-refractivity contribution in [2.75, 3.05) is 6.61 Å². The van der Waals surface area contributed by atoms with E-state index < -0.39 is 16.6 Å². The number of carbonyl (C=O) groups is 1. The minimum absolute atomic E-state index is 0.0102. The average Bonchev–Trinajstić information content (AvgIpc) is 3.47. The Bertz CT molecular complexity index is 891. The summed E-state index contributed by atoms with van der Waals surface area (Å²) in [6.45, 7) is -0.337. The van der Waals surface area contributed by atoms with Gasteiger partial charge in [-0.1, -0.05) is 12.1 Å². The van der Waals surface area contributed by atoms with E-state index in [0.717, 1.165) is 5.56 Å². The standard InChI is InChI=1S/C19H16B5FN2O3/c20-18(21,22)19(23,24)30-16-6-3-11(8-26-16)15(9-28)27-17(29)14-7-13(14)10-1-4-12(25)5-2-10/h1-6,8,13-15,28H,7,9H2,(H,27,29)/t13-,14+,15+/m1/s1. The van der Waals surface area contributed by atoms with E-state index in [4.69, 9.17) is 44.0 Å². The van der Waals surface area contributed by atoms with E-state index in [9.17, 15) is 14.3 Å². The predicted molar refractivity (Wildman–Crippen MR) is 114 cm³/mol. The molecule has 2 N–H and O–H groups in total. The van der Waals surface area contributed by atoms with Gasteiger partial charge in [-0.25, -0.2) is 9.37 Å². The van der Waals surface area contributed by atoms with E-state index in [2.05, 4.69) is 10.3 Å². The largest absolute Gasteiger partial charge is 0.493 e. The normalized spacial score (nSPS) is 19.7. The number of aromatic nitrogens is 1. The molecule has 1 fully saturated rings. The first kappa shape index (κ1) is 22.5. The number of rotatable bonds is 8. The van der Waals surface area contributed by atoms with Crippen LogP contribution in [0.25, 0.3) is 0 Å². The second-order valence-corrected chi connectivity index (χ2v) is 7.50. The van der Waals surface area contributed by atoms with Crippen molar-refractivity contribution in [3.63, 3.8) is 0 Å². The number of nitrogens with zero attached hydrogens (tertiary/aromatic N) is 1. The van der Waals surface area contributed by atoms with Gasteiger partial charge in [-0.3, -0.25) is 4.79 Å². The van der Waals surface area contributed by atoms with Crippen LogP contribution >= 0.6 is 0 Å². The number of amides is 1. The molecule has 5 nitrogen and oxygen atoms in total. The number of aliphatic hydroxyl groups is 1. The number of hydrogen-bond acceptors (Lipinski definition) is 4. The predicted octanol–water partition coefficient (Wildman–Crippen LogP) is 0.123. The zero-order valence-electron chi connectivity index (χ0n) is 16.2. The number of benzene rings is 1. The lowest BCUT2D eigenvalue weighted by Crippen LogP contribution is -2.51. The molecule has 1 aromatic carbocycles. The summed E-state index contributed by atoms with van der Waals surface area (Å²) < 4.78 is 18.3. The summed E-state index contributed by atoms with van der Waals surface area (Å²) in [5.74, 6) is -0.716. The van der Waals surface area contributed by atoms with Crippen LogP contribution in [0.5, 0.6) is 5.88 Å². The van der Waals surface area contributed by atoms with E-state index in [1.54, 1.807) is 18.2 Å². The van der Waals surface area contributed by atoms with Gasteiger partial charge in [0.25, 0.3) is 0 Å². The third-order valence-electron chi connectivity index (χ3n) is 5.04. The van der Waals surface area contributed by atoms with Gasteiger partial charge in [0, 0.05) is 23.6 Å². The van der Waals surface area contributed by atoms with Crippen molar-refractivity contribution in [3.05, 3.63) is 59.5 Å². The van der Waals surface area contributed by atoms with Crippen LogP contribution in [-0.2, 0) is 4.79 Å². The van der Waals surface area contributed by atoms with E-state index in [1.165, 1.54) is 24.4 Å². The van der Waals surface area contributed by atoms with Crippen LogP contribution in [0.2, 0.25) is 5.11 Å². The van der Waals surface area contributed by atoms with Crippen LogP contribution in [0.15, 0.2) is 42.6 Å². The zero-order chi connectivity index (χ0) is 22.1. The van der Waals surface area contributed by atoms with E-state index in [0.29, 0.717) is 12.0 Å². The number of hydrogen-bond donors (Lipinski definition) is 2. The topological polar surface area (TPSA) is 71.5 Å². The molecule has 1 aromatic heterocycles. The lowest BCUT2D eigenvalue weighted by molar-refractivity contribution is -0.123. The number of halogens is 1. The first-order chi connectivity index (χ1) is 14.0. The van der Waals surface area contributed by atoms with Gasteiger partial charge >= 0.3 is 0 Å². The first-order valence-electron chi connectivity index (χ1n) is 9.28. The summed E-state index contributed by atoms with van der Waals surface area (Å²) in [7, 11) is 27.7. The maximum Gasteiger partial charge on any atom is 0.224 e. The number of ether oxygens (including phenoxy) is 1. The number of carbonyl (C=O) groups excluding carboxylic acids is 1. The fraction of sp³-hybridized carbons (Fsp3) is 0.368. The van der Waals surface area contributed by atoms with Crippen molar-refractivity contribution in [3.8, 4) is 5.88 Å². The zero-order valence-corrected chi connectivity index (χ0v) is 16.2. The minimum Gasteiger partial charge on any atom is -0.493 e. The highest BCUT2D eigenvalue weighted by atomic mass is 19.1. The first-order valence-corrected chi connectivity index (χ1v) is 9.28. The van der Waals surface area contributed by atoms with Crippen LogP contribution in [0, 0.1) is 11.7 Å². The Morgan fingerprint density at radius 1 is 1.20 bits per heavy atom. The van der Waals surface area contributed by atoms with Crippen LogP contribution in [0.3, 0.4) is 0 Å². The van der Waals surface area contributed by atoms with Crippen LogP contribution < -0.4 is 10.1 Å². The number of nitrogens with one attached hydrogen (secondary N) is 1. The molecule has 3 rings (SSSR count). The minimum atomic E-state index is -2.08. The van der Waals surface area contributed by atoms with Gasteiger partial charge in [-0.2, -0.15) is 0 Å². The SMILES string of the molecule is [B]C([B])([B])C([B])([B])Oc1ccc([C@H](CO)NC(=O)[C@H]2C[C@@H]2c2ccc(F)cc2)cn1. The maximum absolute atomic E-state index is 13.1. The highest BCUT2D eigenvalue weighted by molar-refractivity contribution is 6.66. The van der Waals surface area contributed by atoms with Gasteiger partial charge in [0.1, 0.15) is 21.5 Å². The molecule has 10 radical (unpaired) electrons. The summed E-state index contributed by atoms with van der Waals surface area (Å²) in [5.41, 5.74) is 1.44. The Hall–Kier alpha value is -2.15. The molecule has 0 bridgehead atoms. The summed E-state index contributed by atoms with van der Waals surface area (Å²) in [6, 6.07) is 8.43. The molecule has 30 heavy (non-hydrogen) atoms. The second kappa shape index (κ2) is 8.54. The van der Waals surface area contributed by atoms with Gasteiger partial charge in [0.05, 0.1) is 36.2 Å². The molecule has 1 aliphatic carbocycles. The van der Waals surface area contributed by atoms with Gasteiger partial charge in [-0.05, 0) is 41.7 Å². The number of aliphatic hydroxyl groups excluding tert-OH is 1. The molecule has 0 unspecified atom stereocenters. The van der Waals surface area contributed by atoms with Crippen LogP contribution in [0.1, 0.15) is 29.5 Å². The third kappa shape index (κ3) is 5.12.